The van der Waals surface area contributed by atoms with Gasteiger partial charge in [-0.1, -0.05) is 6.92 Å². The Bertz CT molecular complexity index is 307. The third-order valence-electron chi connectivity index (χ3n) is 3.64. The Kier molecular flexibility index (Phi) is 5.77. The van der Waals surface area contributed by atoms with Crippen molar-refractivity contribution in [2.75, 3.05) is 39.9 Å². The molecule has 112 valence electrons. The van der Waals surface area contributed by atoms with Crippen molar-refractivity contribution < 1.29 is 14.3 Å². The molecule has 0 aromatic rings. The SMILES string of the molecule is CCNC(C)(CCN1CCOC(C)(C)C1)C(=O)OC. The van der Waals surface area contributed by atoms with Gasteiger partial charge in [0.05, 0.1) is 19.3 Å². The highest BCUT2D eigenvalue weighted by molar-refractivity contribution is 5.80. The van der Waals surface area contributed by atoms with Crippen molar-refractivity contribution in [1.29, 1.82) is 0 Å². The molecule has 5 nitrogen and oxygen atoms in total. The van der Waals surface area contributed by atoms with Crippen LogP contribution in [-0.2, 0) is 14.3 Å². The van der Waals surface area contributed by atoms with Crippen LogP contribution in [0.1, 0.15) is 34.1 Å². The van der Waals surface area contributed by atoms with Gasteiger partial charge >= 0.3 is 5.97 Å². The lowest BCUT2D eigenvalue weighted by molar-refractivity contribution is -0.148. The summed E-state index contributed by atoms with van der Waals surface area (Å²) in [4.78, 5) is 14.2. The Balaban J connectivity index is 2.54. The zero-order chi connectivity index (χ0) is 14.5. The summed E-state index contributed by atoms with van der Waals surface area (Å²) in [5.74, 6) is -0.193. The number of methoxy groups -OCH3 is 1. The lowest BCUT2D eigenvalue weighted by Gasteiger charge is -2.39. The highest BCUT2D eigenvalue weighted by Gasteiger charge is 2.35. The minimum absolute atomic E-state index is 0.0991. The summed E-state index contributed by atoms with van der Waals surface area (Å²) >= 11 is 0. The average molecular weight is 272 g/mol. The molecule has 19 heavy (non-hydrogen) atoms. The Morgan fingerprint density at radius 2 is 2.21 bits per heavy atom. The number of carbonyl (C=O) groups is 1. The molecule has 0 saturated carbocycles. The minimum atomic E-state index is -0.605. The fraction of sp³-hybridized carbons (Fsp3) is 0.929. The Morgan fingerprint density at radius 1 is 1.53 bits per heavy atom. The number of carbonyl (C=O) groups excluding carboxylic acids is 1. The molecule has 1 saturated heterocycles. The molecule has 1 aliphatic heterocycles. The van der Waals surface area contributed by atoms with Gasteiger partial charge in [0.15, 0.2) is 0 Å². The highest BCUT2D eigenvalue weighted by Crippen LogP contribution is 2.19. The zero-order valence-electron chi connectivity index (χ0n) is 12.9. The first-order valence-corrected chi connectivity index (χ1v) is 7.03. The smallest absolute Gasteiger partial charge is 0.325 e. The first-order valence-electron chi connectivity index (χ1n) is 7.03. The second-order valence-electron chi connectivity index (χ2n) is 5.99. The van der Waals surface area contributed by atoms with Crippen LogP contribution < -0.4 is 5.32 Å². The van der Waals surface area contributed by atoms with Gasteiger partial charge in [0.25, 0.3) is 0 Å². The van der Waals surface area contributed by atoms with E-state index in [1.54, 1.807) is 0 Å². The third-order valence-corrected chi connectivity index (χ3v) is 3.64. The summed E-state index contributed by atoms with van der Waals surface area (Å²) in [7, 11) is 1.44. The van der Waals surface area contributed by atoms with E-state index in [0.29, 0.717) is 0 Å². The molecule has 0 spiro atoms. The Labute approximate surface area is 116 Å². The number of likely N-dealkylation sites (N-methyl/N-ethyl adjacent to an activating group) is 1. The summed E-state index contributed by atoms with van der Waals surface area (Å²) in [6.45, 7) is 12.3. The van der Waals surface area contributed by atoms with Crippen molar-refractivity contribution >= 4 is 5.97 Å². The van der Waals surface area contributed by atoms with Crippen molar-refractivity contribution in [1.82, 2.24) is 10.2 Å². The van der Waals surface area contributed by atoms with E-state index in [9.17, 15) is 4.79 Å². The first-order chi connectivity index (χ1) is 8.83. The molecular formula is C14H28N2O3. The van der Waals surface area contributed by atoms with Crippen LogP contribution in [0.15, 0.2) is 0 Å². The predicted molar refractivity (Wildman–Crippen MR) is 75.2 cm³/mol. The molecule has 0 aromatic carbocycles. The molecule has 0 amide bonds. The van der Waals surface area contributed by atoms with Gasteiger partial charge in [0.1, 0.15) is 5.54 Å². The van der Waals surface area contributed by atoms with E-state index in [0.717, 1.165) is 39.2 Å². The maximum Gasteiger partial charge on any atom is 0.325 e. The number of nitrogens with one attached hydrogen (secondary N) is 1. The molecule has 1 fully saturated rings. The van der Waals surface area contributed by atoms with Gasteiger partial charge in [-0.3, -0.25) is 9.69 Å². The minimum Gasteiger partial charge on any atom is -0.468 e. The molecule has 0 aromatic heterocycles. The standard InChI is InChI=1S/C14H28N2O3/c1-6-15-14(4,12(17)18-5)7-8-16-9-10-19-13(2,3)11-16/h15H,6-11H2,1-5H3. The molecule has 1 rings (SSSR count). The topological polar surface area (TPSA) is 50.8 Å². The predicted octanol–water partition coefficient (Wildman–Crippen LogP) is 1.03. The van der Waals surface area contributed by atoms with Crippen LogP contribution in [0.5, 0.6) is 0 Å². The van der Waals surface area contributed by atoms with Gasteiger partial charge in [0, 0.05) is 19.6 Å². The fourth-order valence-corrected chi connectivity index (χ4v) is 2.56. The largest absolute Gasteiger partial charge is 0.468 e. The average Bonchev–Trinajstić information content (AvgIpc) is 2.34. The molecule has 1 aliphatic rings. The number of ether oxygens (including phenoxy) is 2. The third kappa shape index (κ3) is 4.75. The van der Waals surface area contributed by atoms with Gasteiger partial charge in [-0.15, -0.1) is 0 Å². The van der Waals surface area contributed by atoms with E-state index in [4.69, 9.17) is 9.47 Å². The molecule has 5 heteroatoms. The lowest BCUT2D eigenvalue weighted by Crippen LogP contribution is -2.54. The van der Waals surface area contributed by atoms with Crippen LogP contribution >= 0.6 is 0 Å². The van der Waals surface area contributed by atoms with E-state index in [1.165, 1.54) is 7.11 Å². The Hall–Kier alpha value is -0.650. The normalized spacial score (nSPS) is 22.8. The van der Waals surface area contributed by atoms with Crippen molar-refractivity contribution in [2.24, 2.45) is 0 Å². The van der Waals surface area contributed by atoms with Crippen molar-refractivity contribution in [3.05, 3.63) is 0 Å². The second-order valence-corrected chi connectivity index (χ2v) is 5.99. The molecule has 1 N–H and O–H groups in total. The number of esters is 1. The summed E-state index contributed by atoms with van der Waals surface area (Å²) in [6.07, 6.45) is 0.740. The molecule has 0 aliphatic carbocycles. The maximum absolute atomic E-state index is 11.9. The lowest BCUT2D eigenvalue weighted by atomic mass is 9.96. The fourth-order valence-electron chi connectivity index (χ4n) is 2.56. The second kappa shape index (κ2) is 6.68. The maximum atomic E-state index is 11.9. The summed E-state index contributed by atoms with van der Waals surface area (Å²) in [5.41, 5.74) is -0.704. The van der Waals surface area contributed by atoms with Crippen LogP contribution in [0.3, 0.4) is 0 Å². The highest BCUT2D eigenvalue weighted by atomic mass is 16.5. The summed E-state index contributed by atoms with van der Waals surface area (Å²) < 4.78 is 10.6. The quantitative estimate of drug-likeness (QED) is 0.732. The van der Waals surface area contributed by atoms with Gasteiger partial charge in [-0.25, -0.2) is 0 Å². The van der Waals surface area contributed by atoms with E-state index in [2.05, 4.69) is 24.1 Å². The van der Waals surface area contributed by atoms with Crippen molar-refractivity contribution in [2.45, 2.75) is 45.3 Å². The summed E-state index contributed by atoms with van der Waals surface area (Å²) in [5, 5.41) is 3.24. The van der Waals surface area contributed by atoms with Crippen LogP contribution in [-0.4, -0.2) is 61.9 Å². The van der Waals surface area contributed by atoms with E-state index in [1.807, 2.05) is 13.8 Å². The number of hydrogen-bond donors (Lipinski definition) is 1. The Morgan fingerprint density at radius 3 is 2.74 bits per heavy atom. The zero-order valence-corrected chi connectivity index (χ0v) is 12.9. The molecule has 1 atom stereocenters. The molecule has 0 bridgehead atoms. The monoisotopic (exact) mass is 272 g/mol. The van der Waals surface area contributed by atoms with Gasteiger partial charge in [0.2, 0.25) is 0 Å². The van der Waals surface area contributed by atoms with Gasteiger partial charge in [-0.2, -0.15) is 0 Å². The van der Waals surface area contributed by atoms with E-state index in [-0.39, 0.29) is 11.6 Å². The van der Waals surface area contributed by atoms with Crippen LogP contribution in [0, 0.1) is 0 Å². The van der Waals surface area contributed by atoms with Gasteiger partial charge in [-0.05, 0) is 33.7 Å². The van der Waals surface area contributed by atoms with Crippen LogP contribution in [0.4, 0.5) is 0 Å². The van der Waals surface area contributed by atoms with E-state index >= 15 is 0 Å². The first kappa shape index (κ1) is 16.4. The number of nitrogens with zero attached hydrogens (tertiary/aromatic N) is 1. The van der Waals surface area contributed by atoms with Crippen LogP contribution in [0.25, 0.3) is 0 Å². The van der Waals surface area contributed by atoms with E-state index < -0.39 is 5.54 Å². The number of hydrogen-bond acceptors (Lipinski definition) is 5. The van der Waals surface area contributed by atoms with Gasteiger partial charge < -0.3 is 14.8 Å². The number of morpholine rings is 1. The molecule has 1 unspecified atom stereocenters. The molecular weight excluding hydrogens is 244 g/mol. The number of rotatable bonds is 6. The van der Waals surface area contributed by atoms with Crippen molar-refractivity contribution in [3.63, 3.8) is 0 Å². The molecule has 0 radical (unpaired) electrons. The molecule has 1 heterocycles. The summed E-state index contributed by atoms with van der Waals surface area (Å²) in [6, 6.07) is 0. The van der Waals surface area contributed by atoms with Crippen LogP contribution in [0.2, 0.25) is 0 Å². The van der Waals surface area contributed by atoms with Crippen molar-refractivity contribution in [3.8, 4) is 0 Å².